The van der Waals surface area contributed by atoms with Gasteiger partial charge in [-0.15, -0.1) is 0 Å². The van der Waals surface area contributed by atoms with Gasteiger partial charge in [0, 0.05) is 17.3 Å². The largest absolute Gasteiger partial charge is 0.468 e. The maximum Gasteiger partial charge on any atom is 0.243 e. The van der Waals surface area contributed by atoms with E-state index >= 15 is 0 Å². The third-order valence-electron chi connectivity index (χ3n) is 3.52. The Morgan fingerprint density at radius 1 is 1.35 bits per heavy atom. The standard InChI is InChI=1S/C17H21ClN2O4S2/c1-13(17(21)19-8-10-25-12-16-7-4-9-24-16)20(26(2,22)23)15-6-3-5-14(18)11-15/h3-7,9,11,13H,8,10,12H2,1-2H3,(H,19,21)/t13-/m0/s1. The normalized spacial score (nSPS) is 12.6. The van der Waals surface area contributed by atoms with Crippen LogP contribution in [0, 0.1) is 0 Å². The summed E-state index contributed by atoms with van der Waals surface area (Å²) in [6, 6.07) is 9.25. The van der Waals surface area contributed by atoms with Gasteiger partial charge in [0.2, 0.25) is 15.9 Å². The zero-order valence-electron chi connectivity index (χ0n) is 14.5. The van der Waals surface area contributed by atoms with Crippen molar-refractivity contribution in [2.75, 3.05) is 22.9 Å². The summed E-state index contributed by atoms with van der Waals surface area (Å²) in [6.07, 6.45) is 2.69. The molecule has 0 bridgehead atoms. The number of carbonyl (C=O) groups excluding carboxylic acids is 1. The van der Waals surface area contributed by atoms with Crippen molar-refractivity contribution in [3.63, 3.8) is 0 Å². The first-order valence-corrected chi connectivity index (χ1v) is 11.3. The number of hydrogen-bond donors (Lipinski definition) is 1. The summed E-state index contributed by atoms with van der Waals surface area (Å²) in [7, 11) is -3.65. The van der Waals surface area contributed by atoms with Crippen LogP contribution in [0.15, 0.2) is 47.1 Å². The number of hydrogen-bond acceptors (Lipinski definition) is 5. The minimum Gasteiger partial charge on any atom is -0.468 e. The first kappa shape index (κ1) is 20.7. The summed E-state index contributed by atoms with van der Waals surface area (Å²) in [5, 5.41) is 3.17. The molecule has 9 heteroatoms. The van der Waals surface area contributed by atoms with Gasteiger partial charge >= 0.3 is 0 Å². The SMILES string of the molecule is C[C@@H](C(=O)NCCSCc1ccco1)N(c1cccc(Cl)c1)S(C)(=O)=O. The van der Waals surface area contributed by atoms with E-state index in [4.69, 9.17) is 16.0 Å². The molecule has 1 aromatic heterocycles. The lowest BCUT2D eigenvalue weighted by Crippen LogP contribution is -2.48. The second-order valence-electron chi connectivity index (χ2n) is 5.64. The first-order valence-electron chi connectivity index (χ1n) is 7.92. The van der Waals surface area contributed by atoms with Crippen LogP contribution in [0.25, 0.3) is 0 Å². The highest BCUT2D eigenvalue weighted by molar-refractivity contribution is 7.98. The van der Waals surface area contributed by atoms with Crippen molar-refractivity contribution < 1.29 is 17.6 Å². The van der Waals surface area contributed by atoms with Crippen LogP contribution in [-0.4, -0.2) is 38.9 Å². The molecule has 1 atom stereocenters. The minimum absolute atomic E-state index is 0.356. The Hall–Kier alpha value is -1.64. The van der Waals surface area contributed by atoms with E-state index in [0.717, 1.165) is 22.1 Å². The monoisotopic (exact) mass is 416 g/mol. The molecule has 26 heavy (non-hydrogen) atoms. The van der Waals surface area contributed by atoms with Crippen LogP contribution in [0.2, 0.25) is 5.02 Å². The lowest BCUT2D eigenvalue weighted by atomic mass is 10.2. The predicted octanol–water partition coefficient (Wildman–Crippen LogP) is 3.14. The highest BCUT2D eigenvalue weighted by Crippen LogP contribution is 2.24. The van der Waals surface area contributed by atoms with E-state index in [-0.39, 0.29) is 5.91 Å². The number of sulfonamides is 1. The Labute approximate surface area is 162 Å². The molecule has 0 saturated carbocycles. The predicted molar refractivity (Wildman–Crippen MR) is 106 cm³/mol. The summed E-state index contributed by atoms with van der Waals surface area (Å²) < 4.78 is 30.7. The van der Waals surface area contributed by atoms with Gasteiger partial charge in [-0.2, -0.15) is 11.8 Å². The van der Waals surface area contributed by atoms with Gasteiger partial charge in [-0.1, -0.05) is 17.7 Å². The second-order valence-corrected chi connectivity index (χ2v) is 9.04. The van der Waals surface area contributed by atoms with E-state index in [2.05, 4.69) is 5.32 Å². The van der Waals surface area contributed by atoms with Gasteiger partial charge in [-0.05, 0) is 37.3 Å². The number of furan rings is 1. The third-order valence-corrected chi connectivity index (χ3v) is 5.98. The molecule has 1 N–H and O–H groups in total. The molecular weight excluding hydrogens is 396 g/mol. The second kappa shape index (κ2) is 9.34. The average Bonchev–Trinajstić information content (AvgIpc) is 3.06. The van der Waals surface area contributed by atoms with Gasteiger partial charge in [-0.25, -0.2) is 8.42 Å². The summed E-state index contributed by atoms with van der Waals surface area (Å²) in [5.74, 6) is 1.92. The molecule has 0 saturated heterocycles. The summed E-state index contributed by atoms with van der Waals surface area (Å²) in [5.41, 5.74) is 0.356. The van der Waals surface area contributed by atoms with Gasteiger partial charge in [0.15, 0.2) is 0 Å². The molecule has 0 radical (unpaired) electrons. The molecule has 1 amide bonds. The van der Waals surface area contributed by atoms with E-state index in [0.29, 0.717) is 23.0 Å². The first-order chi connectivity index (χ1) is 12.3. The molecular formula is C17H21ClN2O4S2. The van der Waals surface area contributed by atoms with Crippen LogP contribution in [-0.2, 0) is 20.6 Å². The molecule has 0 aliphatic rings. The zero-order valence-corrected chi connectivity index (χ0v) is 16.9. The van der Waals surface area contributed by atoms with Gasteiger partial charge in [0.05, 0.1) is 24.0 Å². The number of rotatable bonds is 9. The molecule has 0 unspecified atom stereocenters. The van der Waals surface area contributed by atoms with Crippen LogP contribution in [0.1, 0.15) is 12.7 Å². The number of nitrogens with one attached hydrogen (secondary N) is 1. The van der Waals surface area contributed by atoms with Crippen LogP contribution < -0.4 is 9.62 Å². The maximum absolute atomic E-state index is 12.4. The third kappa shape index (κ3) is 5.96. The van der Waals surface area contributed by atoms with E-state index in [1.807, 2.05) is 12.1 Å². The van der Waals surface area contributed by atoms with Crippen LogP contribution in [0.4, 0.5) is 5.69 Å². The highest BCUT2D eigenvalue weighted by Gasteiger charge is 2.28. The molecule has 6 nitrogen and oxygen atoms in total. The number of amides is 1. The zero-order chi connectivity index (χ0) is 19.2. The highest BCUT2D eigenvalue weighted by atomic mass is 35.5. The number of anilines is 1. The summed E-state index contributed by atoms with van der Waals surface area (Å²) >= 11 is 7.57. The van der Waals surface area contributed by atoms with Crippen molar-refractivity contribution in [1.29, 1.82) is 0 Å². The molecule has 2 rings (SSSR count). The van der Waals surface area contributed by atoms with Crippen molar-refractivity contribution in [3.8, 4) is 0 Å². The number of halogens is 1. The van der Waals surface area contributed by atoms with E-state index in [1.54, 1.807) is 43.1 Å². The average molecular weight is 417 g/mol. The molecule has 0 aliphatic heterocycles. The number of benzene rings is 1. The number of nitrogens with zero attached hydrogens (tertiary/aromatic N) is 1. The Bertz CT molecular complexity index is 825. The fourth-order valence-electron chi connectivity index (χ4n) is 2.38. The van der Waals surface area contributed by atoms with Gasteiger partial charge in [0.25, 0.3) is 0 Å². The van der Waals surface area contributed by atoms with Crippen molar-refractivity contribution in [2.24, 2.45) is 0 Å². The number of thioether (sulfide) groups is 1. The molecule has 1 aromatic carbocycles. The van der Waals surface area contributed by atoms with Crippen LogP contribution in [0.5, 0.6) is 0 Å². The fourth-order valence-corrected chi connectivity index (χ4v) is 4.49. The van der Waals surface area contributed by atoms with Crippen LogP contribution in [0.3, 0.4) is 0 Å². The smallest absolute Gasteiger partial charge is 0.243 e. The summed E-state index contributed by atoms with van der Waals surface area (Å²) in [6.45, 7) is 1.98. The van der Waals surface area contributed by atoms with Crippen molar-refractivity contribution in [3.05, 3.63) is 53.4 Å². The summed E-state index contributed by atoms with van der Waals surface area (Å²) in [4.78, 5) is 12.4. The molecule has 0 fully saturated rings. The molecule has 1 heterocycles. The van der Waals surface area contributed by atoms with Gasteiger partial charge in [-0.3, -0.25) is 9.10 Å². The quantitative estimate of drug-likeness (QED) is 0.635. The lowest BCUT2D eigenvalue weighted by molar-refractivity contribution is -0.121. The van der Waals surface area contributed by atoms with Gasteiger partial charge in [0.1, 0.15) is 11.8 Å². The lowest BCUT2D eigenvalue weighted by Gasteiger charge is -2.28. The van der Waals surface area contributed by atoms with E-state index in [1.165, 1.54) is 6.07 Å². The molecule has 2 aromatic rings. The van der Waals surface area contributed by atoms with E-state index < -0.39 is 16.1 Å². The molecule has 0 aliphatic carbocycles. The number of carbonyl (C=O) groups is 1. The van der Waals surface area contributed by atoms with Crippen molar-refractivity contribution >= 4 is 45.0 Å². The minimum atomic E-state index is -3.65. The molecule has 0 spiro atoms. The van der Waals surface area contributed by atoms with E-state index in [9.17, 15) is 13.2 Å². The fraction of sp³-hybridized carbons (Fsp3) is 0.353. The maximum atomic E-state index is 12.4. The van der Waals surface area contributed by atoms with Gasteiger partial charge < -0.3 is 9.73 Å². The molecule has 142 valence electrons. The van der Waals surface area contributed by atoms with Crippen molar-refractivity contribution in [2.45, 2.75) is 18.7 Å². The topological polar surface area (TPSA) is 79.6 Å². The Morgan fingerprint density at radius 3 is 2.73 bits per heavy atom. The Balaban J connectivity index is 1.92. The van der Waals surface area contributed by atoms with Crippen LogP contribution >= 0.6 is 23.4 Å². The Kier molecular flexibility index (Phi) is 7.43. The Morgan fingerprint density at radius 2 is 2.12 bits per heavy atom. The van der Waals surface area contributed by atoms with Crippen molar-refractivity contribution in [1.82, 2.24) is 5.32 Å².